The average Bonchev–Trinajstić information content (AvgIpc) is 2.83. The van der Waals surface area contributed by atoms with Crippen molar-refractivity contribution in [3.63, 3.8) is 0 Å². The molecular formula is C27H27NO5. The SMILES string of the molecule is C=CCc1ccc(OCC(=O)Oc2ccc(N(C)C(=O)c3ccc(C)cc3)cc2)c(OC)c1. The number of benzene rings is 3. The van der Waals surface area contributed by atoms with Crippen LogP contribution in [0.5, 0.6) is 17.2 Å². The number of methoxy groups -OCH3 is 1. The van der Waals surface area contributed by atoms with Gasteiger partial charge in [-0.2, -0.15) is 0 Å². The average molecular weight is 446 g/mol. The number of aryl methyl sites for hydroxylation is 1. The molecule has 3 aromatic carbocycles. The first-order chi connectivity index (χ1) is 15.9. The van der Waals surface area contributed by atoms with E-state index in [-0.39, 0.29) is 12.5 Å². The van der Waals surface area contributed by atoms with E-state index in [1.807, 2.05) is 31.2 Å². The van der Waals surface area contributed by atoms with Gasteiger partial charge >= 0.3 is 5.97 Å². The van der Waals surface area contributed by atoms with Crippen LogP contribution in [-0.4, -0.2) is 32.6 Å². The molecule has 3 rings (SSSR count). The van der Waals surface area contributed by atoms with Gasteiger partial charge in [0, 0.05) is 18.3 Å². The van der Waals surface area contributed by atoms with Crippen LogP contribution in [0.4, 0.5) is 5.69 Å². The molecule has 0 radical (unpaired) electrons. The van der Waals surface area contributed by atoms with E-state index in [2.05, 4.69) is 6.58 Å². The highest BCUT2D eigenvalue weighted by atomic mass is 16.6. The molecule has 6 heteroatoms. The molecule has 0 atom stereocenters. The summed E-state index contributed by atoms with van der Waals surface area (Å²) in [6.07, 6.45) is 2.51. The van der Waals surface area contributed by atoms with Gasteiger partial charge < -0.3 is 19.1 Å². The first kappa shape index (κ1) is 23.6. The molecule has 0 aromatic heterocycles. The summed E-state index contributed by atoms with van der Waals surface area (Å²) in [6, 6.07) is 19.6. The molecule has 0 aliphatic carbocycles. The van der Waals surface area contributed by atoms with Gasteiger partial charge in [-0.25, -0.2) is 4.79 Å². The third kappa shape index (κ3) is 6.23. The zero-order chi connectivity index (χ0) is 23.8. The number of nitrogens with zero attached hydrogens (tertiary/aromatic N) is 1. The second-order valence-corrected chi connectivity index (χ2v) is 7.46. The summed E-state index contributed by atoms with van der Waals surface area (Å²) in [7, 11) is 3.24. The summed E-state index contributed by atoms with van der Waals surface area (Å²) < 4.78 is 16.2. The van der Waals surface area contributed by atoms with Crippen LogP contribution >= 0.6 is 0 Å². The van der Waals surface area contributed by atoms with Crippen molar-refractivity contribution in [3.05, 3.63) is 96.1 Å². The predicted octanol–water partition coefficient (Wildman–Crippen LogP) is 4.99. The minimum absolute atomic E-state index is 0.124. The Kier molecular flexibility index (Phi) is 7.86. The third-order valence-corrected chi connectivity index (χ3v) is 5.01. The van der Waals surface area contributed by atoms with Crippen LogP contribution in [0.15, 0.2) is 79.4 Å². The highest BCUT2D eigenvalue weighted by Gasteiger charge is 2.14. The van der Waals surface area contributed by atoms with E-state index >= 15 is 0 Å². The lowest BCUT2D eigenvalue weighted by Gasteiger charge is -2.18. The molecule has 0 aliphatic rings. The fourth-order valence-electron chi connectivity index (χ4n) is 3.17. The van der Waals surface area contributed by atoms with E-state index in [4.69, 9.17) is 14.2 Å². The summed E-state index contributed by atoms with van der Waals surface area (Å²) in [5, 5.41) is 0. The Hall–Kier alpha value is -4.06. The molecule has 0 saturated carbocycles. The maximum Gasteiger partial charge on any atom is 0.349 e. The number of amides is 1. The van der Waals surface area contributed by atoms with E-state index in [9.17, 15) is 9.59 Å². The fourth-order valence-corrected chi connectivity index (χ4v) is 3.17. The van der Waals surface area contributed by atoms with Gasteiger partial charge in [-0.05, 0) is 67.4 Å². The molecule has 170 valence electrons. The Morgan fingerprint density at radius 3 is 2.30 bits per heavy atom. The number of carbonyl (C=O) groups is 2. The van der Waals surface area contributed by atoms with Crippen LogP contribution in [0.25, 0.3) is 0 Å². The number of ether oxygens (including phenoxy) is 3. The van der Waals surface area contributed by atoms with Crippen molar-refractivity contribution in [3.8, 4) is 17.2 Å². The van der Waals surface area contributed by atoms with Gasteiger partial charge in [-0.15, -0.1) is 6.58 Å². The van der Waals surface area contributed by atoms with Crippen LogP contribution in [-0.2, 0) is 11.2 Å². The number of hydrogen-bond acceptors (Lipinski definition) is 5. The summed E-state index contributed by atoms with van der Waals surface area (Å²) in [6.45, 7) is 5.42. The van der Waals surface area contributed by atoms with E-state index < -0.39 is 5.97 Å². The molecule has 3 aromatic rings. The first-order valence-corrected chi connectivity index (χ1v) is 10.5. The topological polar surface area (TPSA) is 65.1 Å². The van der Waals surface area contributed by atoms with Crippen LogP contribution in [0.1, 0.15) is 21.5 Å². The van der Waals surface area contributed by atoms with Gasteiger partial charge in [-0.1, -0.05) is 29.8 Å². The standard InChI is InChI=1S/C27H27NO5/c1-5-6-20-9-16-24(25(17-20)31-4)32-18-26(29)33-23-14-12-22(13-15-23)28(3)27(30)21-10-7-19(2)8-11-21/h5,7-17H,1,6,18H2,2-4H3. The lowest BCUT2D eigenvalue weighted by Crippen LogP contribution is -2.26. The Labute approximate surface area is 194 Å². The lowest BCUT2D eigenvalue weighted by atomic mass is 10.1. The molecular weight excluding hydrogens is 418 g/mol. The van der Waals surface area contributed by atoms with Crippen molar-refractivity contribution in [2.45, 2.75) is 13.3 Å². The van der Waals surface area contributed by atoms with Crippen molar-refractivity contribution in [2.75, 3.05) is 25.7 Å². The van der Waals surface area contributed by atoms with E-state index in [0.717, 1.165) is 11.1 Å². The summed E-state index contributed by atoms with van der Waals surface area (Å²) >= 11 is 0. The molecule has 0 N–H and O–H groups in total. The summed E-state index contributed by atoms with van der Waals surface area (Å²) in [5.74, 6) is 0.670. The van der Waals surface area contributed by atoms with Gasteiger partial charge in [0.05, 0.1) is 7.11 Å². The smallest absolute Gasteiger partial charge is 0.349 e. The van der Waals surface area contributed by atoms with Crippen LogP contribution in [0.3, 0.4) is 0 Å². The van der Waals surface area contributed by atoms with Gasteiger partial charge in [0.2, 0.25) is 0 Å². The first-order valence-electron chi connectivity index (χ1n) is 10.5. The lowest BCUT2D eigenvalue weighted by molar-refractivity contribution is -0.136. The molecule has 0 bridgehead atoms. The summed E-state index contributed by atoms with van der Waals surface area (Å²) in [4.78, 5) is 26.4. The molecule has 0 heterocycles. The second-order valence-electron chi connectivity index (χ2n) is 7.46. The maximum atomic E-state index is 12.7. The number of rotatable bonds is 9. The molecule has 0 spiro atoms. The van der Waals surface area contributed by atoms with Gasteiger partial charge in [0.15, 0.2) is 18.1 Å². The van der Waals surface area contributed by atoms with Crippen LogP contribution in [0.2, 0.25) is 0 Å². The molecule has 33 heavy (non-hydrogen) atoms. The number of esters is 1. The van der Waals surface area contributed by atoms with Gasteiger partial charge in [0.25, 0.3) is 5.91 Å². The maximum absolute atomic E-state index is 12.7. The second kappa shape index (κ2) is 11.0. The molecule has 0 unspecified atom stereocenters. The van der Waals surface area contributed by atoms with Crippen molar-refractivity contribution >= 4 is 17.6 Å². The fraction of sp³-hybridized carbons (Fsp3) is 0.185. The van der Waals surface area contributed by atoms with Crippen molar-refractivity contribution < 1.29 is 23.8 Å². The largest absolute Gasteiger partial charge is 0.493 e. The number of anilines is 1. The highest BCUT2D eigenvalue weighted by molar-refractivity contribution is 6.05. The molecule has 6 nitrogen and oxygen atoms in total. The quantitative estimate of drug-likeness (QED) is 0.264. The van der Waals surface area contributed by atoms with Crippen LogP contribution in [0, 0.1) is 6.92 Å². The summed E-state index contributed by atoms with van der Waals surface area (Å²) in [5.41, 5.74) is 3.40. The van der Waals surface area contributed by atoms with E-state index in [0.29, 0.717) is 34.9 Å². The van der Waals surface area contributed by atoms with Gasteiger partial charge in [-0.3, -0.25) is 4.79 Å². The molecule has 0 saturated heterocycles. The Balaban J connectivity index is 1.57. The Morgan fingerprint density at radius 2 is 1.67 bits per heavy atom. The minimum Gasteiger partial charge on any atom is -0.493 e. The number of allylic oxidation sites excluding steroid dienone is 1. The monoisotopic (exact) mass is 445 g/mol. The molecule has 1 amide bonds. The van der Waals surface area contributed by atoms with Crippen molar-refractivity contribution in [1.29, 1.82) is 0 Å². The highest BCUT2D eigenvalue weighted by Crippen LogP contribution is 2.28. The predicted molar refractivity (Wildman–Crippen MR) is 128 cm³/mol. The van der Waals surface area contributed by atoms with E-state index in [1.165, 1.54) is 0 Å². The van der Waals surface area contributed by atoms with Gasteiger partial charge in [0.1, 0.15) is 5.75 Å². The van der Waals surface area contributed by atoms with Crippen molar-refractivity contribution in [2.24, 2.45) is 0 Å². The zero-order valence-corrected chi connectivity index (χ0v) is 19.0. The zero-order valence-electron chi connectivity index (χ0n) is 19.0. The molecule has 0 fully saturated rings. The van der Waals surface area contributed by atoms with Crippen LogP contribution < -0.4 is 19.1 Å². The Morgan fingerprint density at radius 1 is 0.970 bits per heavy atom. The molecule has 0 aliphatic heterocycles. The van der Waals surface area contributed by atoms with Crippen molar-refractivity contribution in [1.82, 2.24) is 0 Å². The van der Waals surface area contributed by atoms with E-state index in [1.54, 1.807) is 67.6 Å². The Bertz CT molecular complexity index is 1120. The number of carbonyl (C=O) groups excluding carboxylic acids is 2. The third-order valence-electron chi connectivity index (χ3n) is 5.01. The number of hydrogen-bond donors (Lipinski definition) is 0. The minimum atomic E-state index is -0.552. The normalized spacial score (nSPS) is 10.3.